The Balaban J connectivity index is 1.53. The van der Waals surface area contributed by atoms with Gasteiger partial charge in [0.05, 0.1) is 19.4 Å². The number of methoxy groups -OCH3 is 1. The van der Waals surface area contributed by atoms with Crippen molar-refractivity contribution in [1.82, 2.24) is 5.32 Å². The number of nitrogens with zero attached hydrogens (tertiary/aromatic N) is 1. The summed E-state index contributed by atoms with van der Waals surface area (Å²) in [4.78, 5) is 51.3. The van der Waals surface area contributed by atoms with Crippen LogP contribution in [-0.4, -0.2) is 44.1 Å². The Labute approximate surface area is 218 Å². The number of imide groups is 2. The van der Waals surface area contributed by atoms with E-state index < -0.39 is 17.8 Å². The minimum atomic E-state index is -0.852. The van der Waals surface area contributed by atoms with Gasteiger partial charge in [-0.05, 0) is 67.1 Å². The predicted octanol–water partition coefficient (Wildman–Crippen LogP) is 3.78. The number of hydrogen-bond donors (Lipinski definition) is 2. The van der Waals surface area contributed by atoms with Crippen LogP contribution in [0.2, 0.25) is 0 Å². The number of ether oxygens (including phenoxy) is 3. The first kappa shape index (κ1) is 26.0. The molecule has 194 valence electrons. The highest BCUT2D eigenvalue weighted by atomic mass is 16.5. The maximum absolute atomic E-state index is 13.2. The number of nitrogens with one attached hydrogen (secondary N) is 2. The van der Waals surface area contributed by atoms with Gasteiger partial charge < -0.3 is 19.5 Å². The van der Waals surface area contributed by atoms with E-state index in [4.69, 9.17) is 14.2 Å². The highest BCUT2D eigenvalue weighted by molar-refractivity contribution is 6.39. The molecular formula is C28H25N3O7. The molecule has 1 fully saturated rings. The Morgan fingerprint density at radius 2 is 1.68 bits per heavy atom. The second-order valence-electron chi connectivity index (χ2n) is 8.00. The third-order valence-corrected chi connectivity index (χ3v) is 5.43. The van der Waals surface area contributed by atoms with E-state index in [1.165, 1.54) is 25.3 Å². The molecule has 10 heteroatoms. The third kappa shape index (κ3) is 5.98. The van der Waals surface area contributed by atoms with Crippen LogP contribution in [0.5, 0.6) is 17.2 Å². The first-order chi connectivity index (χ1) is 18.4. The number of carbonyl (C=O) groups excluding carboxylic acids is 4. The first-order valence-corrected chi connectivity index (χ1v) is 11.7. The zero-order valence-electron chi connectivity index (χ0n) is 20.7. The molecule has 38 heavy (non-hydrogen) atoms. The summed E-state index contributed by atoms with van der Waals surface area (Å²) in [5, 5.41) is 4.92. The number of barbiturate groups is 1. The first-order valence-electron chi connectivity index (χ1n) is 11.7. The summed E-state index contributed by atoms with van der Waals surface area (Å²) in [6.45, 7) is 1.84. The van der Waals surface area contributed by atoms with Crippen molar-refractivity contribution in [2.45, 2.75) is 6.92 Å². The summed E-state index contributed by atoms with van der Waals surface area (Å²) < 4.78 is 16.4. The van der Waals surface area contributed by atoms with Gasteiger partial charge in [-0.25, -0.2) is 9.69 Å². The summed E-state index contributed by atoms with van der Waals surface area (Å²) >= 11 is 0. The molecule has 3 aromatic rings. The molecule has 4 rings (SSSR count). The zero-order chi connectivity index (χ0) is 27.1. The number of benzene rings is 3. The quantitative estimate of drug-likeness (QED) is 0.328. The van der Waals surface area contributed by atoms with Crippen molar-refractivity contribution in [3.05, 3.63) is 83.9 Å². The van der Waals surface area contributed by atoms with Crippen LogP contribution in [0.15, 0.2) is 78.4 Å². The van der Waals surface area contributed by atoms with Crippen LogP contribution in [0.3, 0.4) is 0 Å². The number of anilines is 2. The summed E-state index contributed by atoms with van der Waals surface area (Å²) in [7, 11) is 1.50. The molecule has 0 aliphatic carbocycles. The van der Waals surface area contributed by atoms with E-state index in [9.17, 15) is 19.2 Å². The molecule has 0 unspecified atom stereocenters. The third-order valence-electron chi connectivity index (χ3n) is 5.43. The van der Waals surface area contributed by atoms with Gasteiger partial charge in [-0.15, -0.1) is 0 Å². The van der Waals surface area contributed by atoms with E-state index in [1.807, 2.05) is 6.07 Å². The molecule has 1 aliphatic rings. The fourth-order valence-electron chi connectivity index (χ4n) is 3.65. The fraction of sp³-hybridized carbons (Fsp3) is 0.143. The van der Waals surface area contributed by atoms with Crippen molar-refractivity contribution in [1.29, 1.82) is 0 Å². The molecule has 1 aliphatic heterocycles. The lowest BCUT2D eigenvalue weighted by atomic mass is 10.1. The Bertz CT molecular complexity index is 1390. The van der Waals surface area contributed by atoms with Crippen molar-refractivity contribution < 1.29 is 33.4 Å². The van der Waals surface area contributed by atoms with Gasteiger partial charge >= 0.3 is 6.03 Å². The summed E-state index contributed by atoms with van der Waals surface area (Å²) in [6, 6.07) is 19.2. The highest BCUT2D eigenvalue weighted by Gasteiger charge is 2.36. The number of hydrogen-bond acceptors (Lipinski definition) is 7. The largest absolute Gasteiger partial charge is 0.497 e. The van der Waals surface area contributed by atoms with Gasteiger partial charge in [0.2, 0.25) is 0 Å². The average Bonchev–Trinajstić information content (AvgIpc) is 2.91. The molecule has 1 heterocycles. The van der Waals surface area contributed by atoms with E-state index in [0.29, 0.717) is 35.1 Å². The molecule has 0 aromatic heterocycles. The van der Waals surface area contributed by atoms with Crippen molar-refractivity contribution in [2.24, 2.45) is 0 Å². The summed E-state index contributed by atoms with van der Waals surface area (Å²) in [6.07, 6.45) is 1.36. The number of carbonyl (C=O) groups is 4. The highest BCUT2D eigenvalue weighted by Crippen LogP contribution is 2.30. The lowest BCUT2D eigenvalue weighted by molar-refractivity contribution is -0.122. The van der Waals surface area contributed by atoms with Crippen molar-refractivity contribution in [3.8, 4) is 17.2 Å². The van der Waals surface area contributed by atoms with Gasteiger partial charge in [0.25, 0.3) is 17.7 Å². The van der Waals surface area contributed by atoms with E-state index in [0.717, 1.165) is 4.90 Å². The molecule has 0 radical (unpaired) electrons. The van der Waals surface area contributed by atoms with Crippen molar-refractivity contribution >= 4 is 41.2 Å². The number of amides is 5. The molecular weight excluding hydrogens is 490 g/mol. The summed E-state index contributed by atoms with van der Waals surface area (Å²) in [5.74, 6) is -0.764. The van der Waals surface area contributed by atoms with E-state index in [2.05, 4.69) is 10.6 Å². The number of para-hydroxylation sites is 1. The number of rotatable bonds is 9. The van der Waals surface area contributed by atoms with E-state index in [-0.39, 0.29) is 23.8 Å². The monoisotopic (exact) mass is 515 g/mol. The molecule has 2 N–H and O–H groups in total. The van der Waals surface area contributed by atoms with Crippen molar-refractivity contribution in [3.63, 3.8) is 0 Å². The number of urea groups is 1. The van der Waals surface area contributed by atoms with Gasteiger partial charge in [-0.2, -0.15) is 0 Å². The predicted molar refractivity (Wildman–Crippen MR) is 140 cm³/mol. The second-order valence-corrected chi connectivity index (χ2v) is 8.00. The minimum absolute atomic E-state index is 0.237. The van der Waals surface area contributed by atoms with Crippen LogP contribution in [0, 0.1) is 0 Å². The molecule has 1 saturated heterocycles. The Kier molecular flexibility index (Phi) is 8.02. The van der Waals surface area contributed by atoms with Gasteiger partial charge in [0, 0.05) is 5.69 Å². The normalized spacial score (nSPS) is 14.2. The summed E-state index contributed by atoms with van der Waals surface area (Å²) in [5.41, 5.74) is 1.14. The smallest absolute Gasteiger partial charge is 0.335 e. The second kappa shape index (κ2) is 11.7. The maximum atomic E-state index is 13.2. The lowest BCUT2D eigenvalue weighted by Gasteiger charge is -2.26. The Hall–Kier alpha value is -5.12. The van der Waals surface area contributed by atoms with Crippen LogP contribution in [0.4, 0.5) is 16.2 Å². The van der Waals surface area contributed by atoms with Gasteiger partial charge in [-0.1, -0.05) is 24.3 Å². The molecule has 0 spiro atoms. The molecule has 0 atom stereocenters. The molecule has 0 bridgehead atoms. The van der Waals surface area contributed by atoms with Gasteiger partial charge in [-0.3, -0.25) is 19.7 Å². The van der Waals surface area contributed by atoms with Crippen LogP contribution < -0.4 is 29.7 Å². The molecule has 3 aromatic carbocycles. The maximum Gasteiger partial charge on any atom is 0.335 e. The average molecular weight is 516 g/mol. The minimum Gasteiger partial charge on any atom is -0.497 e. The van der Waals surface area contributed by atoms with Crippen molar-refractivity contribution in [2.75, 3.05) is 30.5 Å². The molecule has 5 amide bonds. The van der Waals surface area contributed by atoms with Gasteiger partial charge in [0.15, 0.2) is 18.1 Å². The lowest BCUT2D eigenvalue weighted by Crippen LogP contribution is -2.54. The molecule has 0 saturated carbocycles. The van der Waals surface area contributed by atoms with Crippen LogP contribution in [0.1, 0.15) is 12.5 Å². The van der Waals surface area contributed by atoms with E-state index >= 15 is 0 Å². The molecule has 10 nitrogen and oxygen atoms in total. The topological polar surface area (TPSA) is 123 Å². The van der Waals surface area contributed by atoms with E-state index in [1.54, 1.807) is 61.5 Å². The fourth-order valence-corrected chi connectivity index (χ4v) is 3.65. The Morgan fingerprint density at radius 3 is 2.37 bits per heavy atom. The van der Waals surface area contributed by atoms with Crippen LogP contribution >= 0.6 is 0 Å². The SMILES string of the molecule is CCOc1cc(/C=C2\C(=O)NC(=O)N(c3ccc(OC)cc3)C2=O)ccc1OCC(=O)Nc1ccccc1. The van der Waals surface area contributed by atoms with Crippen LogP contribution in [-0.2, 0) is 14.4 Å². The zero-order valence-corrected chi connectivity index (χ0v) is 20.7. The van der Waals surface area contributed by atoms with Crippen LogP contribution in [0.25, 0.3) is 6.08 Å². The van der Waals surface area contributed by atoms with Gasteiger partial charge in [0.1, 0.15) is 11.3 Å². The Morgan fingerprint density at radius 1 is 0.947 bits per heavy atom. The standard InChI is InChI=1S/C28H25N3O7/c1-3-37-24-16-18(9-14-23(24)38-17-25(32)29-19-7-5-4-6-8-19)15-22-26(33)30-28(35)31(27(22)34)20-10-12-21(36-2)13-11-20/h4-16H,3,17H2,1-2H3,(H,29,32)(H,30,33,35)/b22-15+.